The van der Waals surface area contributed by atoms with Crippen molar-refractivity contribution in [3.8, 4) is 0 Å². The van der Waals surface area contributed by atoms with Crippen molar-refractivity contribution in [1.29, 1.82) is 0 Å². The fraction of sp³-hybridized carbons (Fsp3) is 0.640. The number of amides is 3. The van der Waals surface area contributed by atoms with E-state index in [1.54, 1.807) is 17.2 Å². The number of halogens is 1. The van der Waals surface area contributed by atoms with Gasteiger partial charge in [0.2, 0.25) is 11.8 Å². The summed E-state index contributed by atoms with van der Waals surface area (Å²) in [7, 11) is 0. The van der Waals surface area contributed by atoms with Crippen LogP contribution in [0, 0.1) is 5.92 Å². The van der Waals surface area contributed by atoms with Gasteiger partial charge in [-0.15, -0.1) is 0 Å². The highest BCUT2D eigenvalue weighted by atomic mass is 35.5. The van der Waals surface area contributed by atoms with Crippen molar-refractivity contribution in [2.45, 2.75) is 88.4 Å². The van der Waals surface area contributed by atoms with Crippen molar-refractivity contribution < 1.29 is 19.2 Å². The van der Waals surface area contributed by atoms with E-state index in [4.69, 9.17) is 16.4 Å². The van der Waals surface area contributed by atoms with Crippen LogP contribution >= 0.6 is 11.6 Å². The van der Waals surface area contributed by atoms with Crippen LogP contribution in [0.1, 0.15) is 75.8 Å². The third-order valence-corrected chi connectivity index (χ3v) is 7.90. The second-order valence-electron chi connectivity index (χ2n) is 9.86. The Morgan fingerprint density at radius 2 is 1.58 bits per heavy atom. The van der Waals surface area contributed by atoms with Crippen molar-refractivity contribution >= 4 is 29.3 Å². The molecule has 0 aromatic heterocycles. The lowest BCUT2D eigenvalue weighted by Crippen LogP contribution is -2.46. The van der Waals surface area contributed by atoms with Crippen molar-refractivity contribution in [3.63, 3.8) is 0 Å². The van der Waals surface area contributed by atoms with Crippen LogP contribution in [0.5, 0.6) is 0 Å². The Morgan fingerprint density at radius 3 is 2.24 bits per heavy atom. The van der Waals surface area contributed by atoms with Gasteiger partial charge in [0.05, 0.1) is 12.0 Å². The van der Waals surface area contributed by atoms with E-state index in [9.17, 15) is 14.4 Å². The van der Waals surface area contributed by atoms with E-state index in [-0.39, 0.29) is 36.3 Å². The van der Waals surface area contributed by atoms with Crippen LogP contribution in [-0.4, -0.2) is 52.4 Å². The van der Waals surface area contributed by atoms with Gasteiger partial charge in [-0.3, -0.25) is 24.1 Å². The largest absolute Gasteiger partial charge is 0.352 e. The lowest BCUT2D eigenvalue weighted by Gasteiger charge is -2.32. The number of benzene rings is 1. The van der Waals surface area contributed by atoms with Gasteiger partial charge in [0.15, 0.2) is 6.10 Å². The lowest BCUT2D eigenvalue weighted by molar-refractivity contribution is -0.184. The van der Waals surface area contributed by atoms with E-state index in [0.717, 1.165) is 63.4 Å². The summed E-state index contributed by atoms with van der Waals surface area (Å²) in [5, 5.41) is 5.25. The molecule has 5 rings (SSSR count). The van der Waals surface area contributed by atoms with E-state index in [1.807, 2.05) is 12.1 Å². The molecule has 2 aliphatic heterocycles. The van der Waals surface area contributed by atoms with Gasteiger partial charge in [-0.05, 0) is 43.4 Å². The second kappa shape index (κ2) is 9.72. The number of hydrogen-bond donors (Lipinski definition) is 1. The number of nitrogens with one attached hydrogen (secondary N) is 1. The van der Waals surface area contributed by atoms with Gasteiger partial charge in [-0.2, -0.15) is 5.06 Å². The zero-order valence-corrected chi connectivity index (χ0v) is 19.6. The average Bonchev–Trinajstić information content (AvgIpc) is 3.30. The van der Waals surface area contributed by atoms with Gasteiger partial charge in [-0.25, -0.2) is 0 Å². The van der Waals surface area contributed by atoms with Gasteiger partial charge in [0, 0.05) is 17.1 Å². The molecule has 4 fully saturated rings. The number of rotatable bonds is 5. The first kappa shape index (κ1) is 22.8. The molecule has 2 heterocycles. The van der Waals surface area contributed by atoms with Crippen LogP contribution in [-0.2, 0) is 19.2 Å². The maximum absolute atomic E-state index is 13.6. The lowest BCUT2D eigenvalue weighted by atomic mass is 9.90. The van der Waals surface area contributed by atoms with Crippen LogP contribution in [0.4, 0.5) is 0 Å². The smallest absolute Gasteiger partial charge is 0.261 e. The molecule has 3 atom stereocenters. The Morgan fingerprint density at radius 1 is 0.939 bits per heavy atom. The molecule has 178 valence electrons. The zero-order valence-electron chi connectivity index (χ0n) is 18.9. The third kappa shape index (κ3) is 4.55. The number of fused-ring (bicyclic) bond motifs is 1. The molecule has 2 aliphatic carbocycles. The number of likely N-dealkylation sites (tertiary alicyclic amines) is 1. The van der Waals surface area contributed by atoms with Gasteiger partial charge < -0.3 is 5.32 Å². The van der Waals surface area contributed by atoms with Crippen molar-refractivity contribution in [1.82, 2.24) is 15.3 Å². The summed E-state index contributed by atoms with van der Waals surface area (Å²) in [6, 6.07) is 6.89. The number of carbonyl (C=O) groups excluding carboxylic acids is 3. The molecule has 0 spiro atoms. The maximum atomic E-state index is 13.6. The summed E-state index contributed by atoms with van der Waals surface area (Å²) in [4.78, 5) is 47.3. The molecule has 0 radical (unpaired) electrons. The minimum Gasteiger partial charge on any atom is -0.352 e. The Balaban J connectivity index is 1.37. The summed E-state index contributed by atoms with van der Waals surface area (Å²) in [6.07, 6.45) is 9.51. The zero-order chi connectivity index (χ0) is 22.9. The van der Waals surface area contributed by atoms with Crippen LogP contribution < -0.4 is 5.32 Å². The highest BCUT2D eigenvalue weighted by molar-refractivity contribution is 6.30. The van der Waals surface area contributed by atoms with E-state index in [1.165, 1.54) is 11.3 Å². The van der Waals surface area contributed by atoms with Crippen LogP contribution in [0.3, 0.4) is 0 Å². The third-order valence-electron chi connectivity index (χ3n) is 7.65. The SMILES string of the molecule is O=C(CN1OC2C(=O)N(C3CCCCC3)C(=O)C2C1c1ccc(Cl)cc1)NC1CCCCC1. The highest BCUT2D eigenvalue weighted by Gasteiger charge is 2.60. The molecule has 7 nitrogen and oxygen atoms in total. The number of carbonyl (C=O) groups is 3. The summed E-state index contributed by atoms with van der Waals surface area (Å²) in [5.74, 6) is -1.22. The van der Waals surface area contributed by atoms with Crippen molar-refractivity contribution in [2.75, 3.05) is 6.54 Å². The molecule has 2 saturated carbocycles. The van der Waals surface area contributed by atoms with Gasteiger partial charge in [-0.1, -0.05) is 62.3 Å². The summed E-state index contributed by atoms with van der Waals surface area (Å²) in [6.45, 7) is -0.0131. The Labute approximate surface area is 199 Å². The number of hydroxylamine groups is 2. The number of imide groups is 1. The fourth-order valence-electron chi connectivity index (χ4n) is 6.02. The molecular weight excluding hydrogens is 442 g/mol. The van der Waals surface area contributed by atoms with E-state index in [2.05, 4.69) is 5.32 Å². The van der Waals surface area contributed by atoms with Crippen LogP contribution in [0.2, 0.25) is 5.02 Å². The standard InChI is InChI=1S/C25H32ClN3O4/c26-17-13-11-16(12-14-17)22-21-23(25(32)29(24(21)31)19-9-5-2-6-10-19)33-28(22)15-20(30)27-18-7-3-1-4-8-18/h11-14,18-19,21-23H,1-10,15H2,(H,27,30). The van der Waals surface area contributed by atoms with Crippen molar-refractivity contribution in [2.24, 2.45) is 5.92 Å². The summed E-state index contributed by atoms with van der Waals surface area (Å²) >= 11 is 6.10. The first-order valence-electron chi connectivity index (χ1n) is 12.4. The predicted molar refractivity (Wildman–Crippen MR) is 123 cm³/mol. The van der Waals surface area contributed by atoms with Gasteiger partial charge in [0.1, 0.15) is 6.54 Å². The molecule has 8 heteroatoms. The molecule has 1 aromatic carbocycles. The molecule has 4 aliphatic rings. The van der Waals surface area contributed by atoms with Gasteiger partial charge in [0.25, 0.3) is 5.91 Å². The fourth-order valence-corrected chi connectivity index (χ4v) is 6.15. The normalized spacial score (nSPS) is 29.5. The molecule has 1 aromatic rings. The quantitative estimate of drug-likeness (QED) is 0.658. The van der Waals surface area contributed by atoms with E-state index < -0.39 is 18.1 Å². The van der Waals surface area contributed by atoms with E-state index >= 15 is 0 Å². The summed E-state index contributed by atoms with van der Waals surface area (Å²) < 4.78 is 0. The monoisotopic (exact) mass is 473 g/mol. The second-order valence-corrected chi connectivity index (χ2v) is 10.3. The first-order valence-corrected chi connectivity index (χ1v) is 12.8. The molecule has 2 saturated heterocycles. The maximum Gasteiger partial charge on any atom is 0.261 e. The molecule has 1 N–H and O–H groups in total. The van der Waals surface area contributed by atoms with Crippen LogP contribution in [0.15, 0.2) is 24.3 Å². The molecule has 0 bridgehead atoms. The number of nitrogens with zero attached hydrogens (tertiary/aromatic N) is 2. The van der Waals surface area contributed by atoms with Crippen LogP contribution in [0.25, 0.3) is 0 Å². The minimum atomic E-state index is -0.873. The average molecular weight is 474 g/mol. The Kier molecular flexibility index (Phi) is 6.72. The molecule has 3 unspecified atom stereocenters. The molecule has 33 heavy (non-hydrogen) atoms. The highest BCUT2D eigenvalue weighted by Crippen LogP contribution is 2.46. The molecule has 3 amide bonds. The van der Waals surface area contributed by atoms with Crippen molar-refractivity contribution in [3.05, 3.63) is 34.9 Å². The Hall–Kier alpha value is -1.96. The van der Waals surface area contributed by atoms with E-state index in [0.29, 0.717) is 5.02 Å². The number of hydrogen-bond acceptors (Lipinski definition) is 5. The first-order chi connectivity index (χ1) is 16.0. The molecular formula is C25H32ClN3O4. The predicted octanol–water partition coefficient (Wildman–Crippen LogP) is 3.76. The Bertz CT molecular complexity index is 895. The topological polar surface area (TPSA) is 79.0 Å². The summed E-state index contributed by atoms with van der Waals surface area (Å²) in [5.41, 5.74) is 0.823. The minimum absolute atomic E-state index is 0.0131. The van der Waals surface area contributed by atoms with Gasteiger partial charge >= 0.3 is 0 Å².